The minimum absolute atomic E-state index is 0.142. The summed E-state index contributed by atoms with van der Waals surface area (Å²) >= 11 is 0. The number of nitrogens with one attached hydrogen (secondary N) is 1. The van der Waals surface area contributed by atoms with Crippen LogP contribution >= 0.6 is 0 Å². The smallest absolute Gasteiger partial charge is 0.407 e. The van der Waals surface area contributed by atoms with Crippen LogP contribution in [0, 0.1) is 0 Å². The third kappa shape index (κ3) is 2.83. The average molecular weight is 336 g/mol. The minimum Gasteiger partial charge on any atom is -0.465 e. The highest BCUT2D eigenvalue weighted by Gasteiger charge is 2.44. The van der Waals surface area contributed by atoms with Gasteiger partial charge in [-0.25, -0.2) is 9.59 Å². The van der Waals surface area contributed by atoms with Crippen LogP contribution in [0.1, 0.15) is 44.9 Å². The number of carboxylic acid groups (broad SMARTS) is 1. The maximum atomic E-state index is 12.4. The van der Waals surface area contributed by atoms with Crippen LogP contribution in [0.5, 0.6) is 0 Å². The summed E-state index contributed by atoms with van der Waals surface area (Å²) in [4.78, 5) is 29.6. The van der Waals surface area contributed by atoms with Crippen LogP contribution in [0.15, 0.2) is 0 Å². The number of rotatable bonds is 2. The van der Waals surface area contributed by atoms with Crippen molar-refractivity contribution in [2.75, 3.05) is 26.2 Å². The van der Waals surface area contributed by atoms with Gasteiger partial charge in [0.2, 0.25) is 0 Å². The molecule has 0 aromatic rings. The maximum Gasteiger partial charge on any atom is 0.407 e. The molecular formula is C17H28N4O3. The average Bonchev–Trinajstić information content (AvgIpc) is 3.19. The van der Waals surface area contributed by atoms with E-state index < -0.39 is 6.09 Å². The number of hydrogen-bond acceptors (Lipinski definition) is 3. The fourth-order valence-electron chi connectivity index (χ4n) is 5.18. The number of hydrogen-bond donors (Lipinski definition) is 2. The van der Waals surface area contributed by atoms with Crippen LogP contribution in [-0.2, 0) is 0 Å². The van der Waals surface area contributed by atoms with Gasteiger partial charge in [0.1, 0.15) is 0 Å². The van der Waals surface area contributed by atoms with E-state index in [2.05, 4.69) is 15.1 Å². The number of carbonyl (C=O) groups excluding carboxylic acids is 1. The zero-order chi connectivity index (χ0) is 16.7. The highest BCUT2D eigenvalue weighted by Crippen LogP contribution is 2.33. The second kappa shape index (κ2) is 6.43. The SMILES string of the molecule is O=C(O)N1CC[C@H](N2CCC(N3C(=O)N[C@H]4CCCC[C@@H]43)CC2)C1. The zero-order valence-corrected chi connectivity index (χ0v) is 14.2. The van der Waals surface area contributed by atoms with Gasteiger partial charge in [-0.2, -0.15) is 0 Å². The predicted molar refractivity (Wildman–Crippen MR) is 89.0 cm³/mol. The van der Waals surface area contributed by atoms with Crippen molar-refractivity contribution in [2.45, 2.75) is 69.1 Å². The van der Waals surface area contributed by atoms with Crippen molar-refractivity contribution in [3.63, 3.8) is 0 Å². The Kier molecular flexibility index (Phi) is 4.28. The summed E-state index contributed by atoms with van der Waals surface area (Å²) in [6.45, 7) is 3.24. The summed E-state index contributed by atoms with van der Waals surface area (Å²) in [6, 6.07) is 1.62. The van der Waals surface area contributed by atoms with E-state index in [1.165, 1.54) is 17.7 Å². The van der Waals surface area contributed by atoms with Crippen molar-refractivity contribution in [3.05, 3.63) is 0 Å². The molecule has 3 aliphatic heterocycles. The summed E-state index contributed by atoms with van der Waals surface area (Å²) in [6.07, 6.45) is 6.89. The molecular weight excluding hydrogens is 308 g/mol. The summed E-state index contributed by atoms with van der Waals surface area (Å²) in [5.41, 5.74) is 0. The molecule has 3 saturated heterocycles. The van der Waals surface area contributed by atoms with Crippen LogP contribution < -0.4 is 5.32 Å². The molecule has 1 saturated carbocycles. The van der Waals surface area contributed by atoms with E-state index >= 15 is 0 Å². The van der Waals surface area contributed by atoms with Gasteiger partial charge in [0, 0.05) is 38.3 Å². The first-order valence-corrected chi connectivity index (χ1v) is 9.44. The Hall–Kier alpha value is -1.50. The van der Waals surface area contributed by atoms with E-state index in [-0.39, 0.29) is 6.03 Å². The summed E-state index contributed by atoms with van der Waals surface area (Å²) < 4.78 is 0. The minimum atomic E-state index is -0.801. The molecule has 7 nitrogen and oxygen atoms in total. The Balaban J connectivity index is 1.33. The number of fused-ring (bicyclic) bond motifs is 1. The first-order valence-electron chi connectivity index (χ1n) is 9.44. The molecule has 4 aliphatic rings. The molecule has 134 valence electrons. The lowest BCUT2D eigenvalue weighted by Crippen LogP contribution is -2.52. The molecule has 3 heterocycles. The van der Waals surface area contributed by atoms with E-state index in [1.54, 1.807) is 0 Å². The molecule has 0 radical (unpaired) electrons. The predicted octanol–water partition coefficient (Wildman–Crippen LogP) is 1.54. The number of piperidine rings is 1. The van der Waals surface area contributed by atoms with Crippen LogP contribution in [0.4, 0.5) is 9.59 Å². The molecule has 4 fully saturated rings. The summed E-state index contributed by atoms with van der Waals surface area (Å²) in [7, 11) is 0. The molecule has 24 heavy (non-hydrogen) atoms. The lowest BCUT2D eigenvalue weighted by atomic mass is 9.89. The van der Waals surface area contributed by atoms with E-state index in [0.29, 0.717) is 37.3 Å². The van der Waals surface area contributed by atoms with E-state index in [1.807, 2.05) is 0 Å². The van der Waals surface area contributed by atoms with Crippen molar-refractivity contribution in [2.24, 2.45) is 0 Å². The Morgan fingerprint density at radius 1 is 1.00 bits per heavy atom. The van der Waals surface area contributed by atoms with Crippen LogP contribution in [0.3, 0.4) is 0 Å². The molecule has 0 spiro atoms. The molecule has 4 rings (SSSR count). The molecule has 2 N–H and O–H groups in total. The number of amides is 3. The van der Waals surface area contributed by atoms with Crippen LogP contribution in [0.2, 0.25) is 0 Å². The second-order valence-corrected chi connectivity index (χ2v) is 7.75. The Morgan fingerprint density at radius 2 is 1.71 bits per heavy atom. The highest BCUT2D eigenvalue weighted by atomic mass is 16.4. The van der Waals surface area contributed by atoms with Crippen molar-refractivity contribution < 1.29 is 14.7 Å². The van der Waals surface area contributed by atoms with Gasteiger partial charge in [-0.3, -0.25) is 4.90 Å². The van der Waals surface area contributed by atoms with Gasteiger partial charge in [-0.1, -0.05) is 12.8 Å². The van der Waals surface area contributed by atoms with Gasteiger partial charge in [0.25, 0.3) is 0 Å². The molecule has 0 aromatic carbocycles. The first kappa shape index (κ1) is 16.0. The van der Waals surface area contributed by atoms with Gasteiger partial charge >= 0.3 is 12.1 Å². The highest BCUT2D eigenvalue weighted by molar-refractivity contribution is 5.78. The molecule has 1 aliphatic carbocycles. The van der Waals surface area contributed by atoms with Crippen LogP contribution in [0.25, 0.3) is 0 Å². The van der Waals surface area contributed by atoms with Gasteiger partial charge in [-0.05, 0) is 32.1 Å². The zero-order valence-electron chi connectivity index (χ0n) is 14.2. The monoisotopic (exact) mass is 336 g/mol. The van der Waals surface area contributed by atoms with Crippen LogP contribution in [-0.4, -0.2) is 82.3 Å². The quantitative estimate of drug-likeness (QED) is 0.802. The van der Waals surface area contributed by atoms with Gasteiger partial charge < -0.3 is 20.2 Å². The van der Waals surface area contributed by atoms with Crippen molar-refractivity contribution in [1.82, 2.24) is 20.0 Å². The Morgan fingerprint density at radius 3 is 2.42 bits per heavy atom. The lowest BCUT2D eigenvalue weighted by Gasteiger charge is -2.41. The van der Waals surface area contributed by atoms with Crippen molar-refractivity contribution >= 4 is 12.1 Å². The van der Waals surface area contributed by atoms with E-state index in [4.69, 9.17) is 5.11 Å². The molecule has 3 amide bonds. The van der Waals surface area contributed by atoms with Gasteiger partial charge in [0.15, 0.2) is 0 Å². The largest absolute Gasteiger partial charge is 0.465 e. The first-order chi connectivity index (χ1) is 11.6. The second-order valence-electron chi connectivity index (χ2n) is 7.75. The standard InChI is InChI=1S/C17H28N4O3/c22-16-18-14-3-1-2-4-15(14)21(16)12-5-8-19(9-6-12)13-7-10-20(11-13)17(23)24/h12-15H,1-11H2,(H,18,22)(H,23,24)/t13-,14-,15-/m0/s1. The summed E-state index contributed by atoms with van der Waals surface area (Å²) in [5, 5.41) is 12.3. The normalized spacial score (nSPS) is 35.2. The molecule has 0 aromatic heterocycles. The lowest BCUT2D eigenvalue weighted by molar-refractivity contribution is 0.0822. The fraction of sp³-hybridized carbons (Fsp3) is 0.882. The maximum absolute atomic E-state index is 12.4. The number of nitrogens with zero attached hydrogens (tertiary/aromatic N) is 3. The molecule has 0 bridgehead atoms. The van der Waals surface area contributed by atoms with Crippen molar-refractivity contribution in [1.29, 1.82) is 0 Å². The Labute approximate surface area is 143 Å². The number of urea groups is 1. The fourth-order valence-corrected chi connectivity index (χ4v) is 5.18. The number of carbonyl (C=O) groups is 2. The third-order valence-corrected chi connectivity index (χ3v) is 6.47. The molecule has 7 heteroatoms. The topological polar surface area (TPSA) is 76.1 Å². The molecule has 3 atom stereocenters. The van der Waals surface area contributed by atoms with Gasteiger partial charge in [0.05, 0.1) is 12.1 Å². The third-order valence-electron chi connectivity index (χ3n) is 6.47. The summed E-state index contributed by atoms with van der Waals surface area (Å²) in [5.74, 6) is 0. The van der Waals surface area contributed by atoms with E-state index in [0.717, 1.165) is 45.2 Å². The van der Waals surface area contributed by atoms with Gasteiger partial charge in [-0.15, -0.1) is 0 Å². The number of likely N-dealkylation sites (tertiary alicyclic amines) is 2. The van der Waals surface area contributed by atoms with E-state index in [9.17, 15) is 9.59 Å². The Bertz CT molecular complexity index is 506. The molecule has 0 unspecified atom stereocenters. The van der Waals surface area contributed by atoms with Crippen molar-refractivity contribution in [3.8, 4) is 0 Å².